The van der Waals surface area contributed by atoms with Gasteiger partial charge in [0.1, 0.15) is 6.10 Å². The Kier molecular flexibility index (Phi) is 4.94. The van der Waals surface area contributed by atoms with Crippen LogP contribution in [0.5, 0.6) is 0 Å². The summed E-state index contributed by atoms with van der Waals surface area (Å²) in [6, 6.07) is 14.3. The van der Waals surface area contributed by atoms with Crippen LogP contribution < -0.4 is 0 Å². The van der Waals surface area contributed by atoms with Crippen molar-refractivity contribution in [3.63, 3.8) is 0 Å². The first-order valence-electron chi connectivity index (χ1n) is 6.95. The number of hydrogen-bond acceptors (Lipinski definition) is 2. The van der Waals surface area contributed by atoms with Gasteiger partial charge in [-0.1, -0.05) is 48.0 Å². The molecule has 1 unspecified atom stereocenters. The molecule has 2 heteroatoms. The number of benzene rings is 2. The molecule has 0 bridgehead atoms. The van der Waals surface area contributed by atoms with Crippen molar-refractivity contribution < 1.29 is 9.84 Å². The number of ether oxygens (including phenoxy) is 1. The summed E-state index contributed by atoms with van der Waals surface area (Å²) in [4.78, 5) is 0. The zero-order chi connectivity index (χ0) is 14.5. The van der Waals surface area contributed by atoms with E-state index in [-0.39, 0.29) is 0 Å². The van der Waals surface area contributed by atoms with Crippen molar-refractivity contribution in [3.8, 4) is 0 Å². The standard InChI is InChI=1S/C18H22O2/c1-13-4-5-14(2)17(12-13)18(19)16-8-6-15(7-9-16)10-11-20-3/h4-9,12,18-19H,10-11H2,1-3H3. The van der Waals surface area contributed by atoms with Crippen LogP contribution in [0.15, 0.2) is 42.5 Å². The normalized spacial score (nSPS) is 12.4. The third kappa shape index (κ3) is 3.47. The Labute approximate surface area is 121 Å². The van der Waals surface area contributed by atoms with Crippen LogP contribution in [0, 0.1) is 13.8 Å². The summed E-state index contributed by atoms with van der Waals surface area (Å²) < 4.78 is 5.07. The molecule has 0 saturated heterocycles. The minimum absolute atomic E-state index is 0.564. The molecule has 0 spiro atoms. The van der Waals surface area contributed by atoms with Crippen molar-refractivity contribution in [1.82, 2.24) is 0 Å². The molecule has 0 aliphatic rings. The fraction of sp³-hybridized carbons (Fsp3) is 0.333. The summed E-state index contributed by atoms with van der Waals surface area (Å²) >= 11 is 0. The molecule has 0 heterocycles. The van der Waals surface area contributed by atoms with Gasteiger partial charge in [-0.3, -0.25) is 0 Å². The van der Waals surface area contributed by atoms with E-state index in [1.807, 2.05) is 26.0 Å². The zero-order valence-electron chi connectivity index (χ0n) is 12.4. The van der Waals surface area contributed by atoms with Crippen molar-refractivity contribution in [2.45, 2.75) is 26.4 Å². The number of hydrogen-bond donors (Lipinski definition) is 1. The van der Waals surface area contributed by atoms with Crippen molar-refractivity contribution in [1.29, 1.82) is 0 Å². The van der Waals surface area contributed by atoms with E-state index < -0.39 is 6.10 Å². The molecule has 0 radical (unpaired) electrons. The van der Waals surface area contributed by atoms with Crippen LogP contribution >= 0.6 is 0 Å². The van der Waals surface area contributed by atoms with Crippen LogP contribution in [0.3, 0.4) is 0 Å². The van der Waals surface area contributed by atoms with Crippen LogP contribution in [0.1, 0.15) is 33.9 Å². The Morgan fingerprint density at radius 2 is 1.75 bits per heavy atom. The van der Waals surface area contributed by atoms with E-state index in [2.05, 4.69) is 30.3 Å². The third-order valence-electron chi connectivity index (χ3n) is 3.62. The Bertz CT molecular complexity index is 558. The SMILES string of the molecule is COCCc1ccc(C(O)c2cc(C)ccc2C)cc1. The van der Waals surface area contributed by atoms with Gasteiger partial charge in [0, 0.05) is 7.11 Å². The van der Waals surface area contributed by atoms with Gasteiger partial charge in [-0.2, -0.15) is 0 Å². The minimum atomic E-state index is -0.564. The second-order valence-electron chi connectivity index (χ2n) is 5.25. The number of methoxy groups -OCH3 is 1. The molecule has 2 aromatic carbocycles. The molecule has 0 fully saturated rings. The summed E-state index contributed by atoms with van der Waals surface area (Å²) in [5, 5.41) is 10.5. The highest BCUT2D eigenvalue weighted by Gasteiger charge is 2.12. The Balaban J connectivity index is 2.20. The first kappa shape index (κ1) is 14.8. The lowest BCUT2D eigenvalue weighted by Gasteiger charge is -2.15. The minimum Gasteiger partial charge on any atom is -0.384 e. The molecule has 2 nitrogen and oxygen atoms in total. The lowest BCUT2D eigenvalue weighted by Crippen LogP contribution is -2.03. The molecule has 0 aliphatic carbocycles. The summed E-state index contributed by atoms with van der Waals surface area (Å²) in [7, 11) is 1.71. The lowest BCUT2D eigenvalue weighted by atomic mass is 9.95. The highest BCUT2D eigenvalue weighted by atomic mass is 16.5. The van der Waals surface area contributed by atoms with Crippen LogP contribution in [-0.2, 0) is 11.2 Å². The molecule has 0 aromatic heterocycles. The molecule has 1 atom stereocenters. The second kappa shape index (κ2) is 6.69. The van der Waals surface area contributed by atoms with E-state index in [0.29, 0.717) is 0 Å². The number of aryl methyl sites for hydroxylation is 2. The van der Waals surface area contributed by atoms with Crippen LogP contribution in [0.4, 0.5) is 0 Å². The molecular formula is C18H22O2. The van der Waals surface area contributed by atoms with Gasteiger partial charge in [-0.05, 0) is 42.5 Å². The Morgan fingerprint density at radius 3 is 2.40 bits per heavy atom. The predicted octanol–water partition coefficient (Wildman–Crippen LogP) is 3.57. The van der Waals surface area contributed by atoms with Gasteiger partial charge in [0.25, 0.3) is 0 Å². The van der Waals surface area contributed by atoms with Gasteiger partial charge in [-0.25, -0.2) is 0 Å². The molecule has 2 aromatic rings. The highest BCUT2D eigenvalue weighted by molar-refractivity contribution is 5.38. The maximum Gasteiger partial charge on any atom is 0.104 e. The summed E-state index contributed by atoms with van der Waals surface area (Å²) in [6.45, 7) is 4.80. The zero-order valence-corrected chi connectivity index (χ0v) is 12.4. The van der Waals surface area contributed by atoms with Crippen LogP contribution in [-0.4, -0.2) is 18.8 Å². The Hall–Kier alpha value is -1.64. The molecule has 106 valence electrons. The van der Waals surface area contributed by atoms with Gasteiger partial charge < -0.3 is 9.84 Å². The molecule has 2 rings (SSSR count). The van der Waals surface area contributed by atoms with E-state index in [4.69, 9.17) is 4.74 Å². The van der Waals surface area contributed by atoms with Gasteiger partial charge in [0.2, 0.25) is 0 Å². The van der Waals surface area contributed by atoms with E-state index in [1.54, 1.807) is 7.11 Å². The predicted molar refractivity (Wildman–Crippen MR) is 82.0 cm³/mol. The van der Waals surface area contributed by atoms with Crippen molar-refractivity contribution in [2.24, 2.45) is 0 Å². The maximum atomic E-state index is 10.5. The molecule has 0 saturated carbocycles. The fourth-order valence-electron chi connectivity index (χ4n) is 2.32. The van der Waals surface area contributed by atoms with E-state index in [9.17, 15) is 5.11 Å². The first-order chi connectivity index (χ1) is 9.61. The van der Waals surface area contributed by atoms with Crippen LogP contribution in [0.2, 0.25) is 0 Å². The maximum absolute atomic E-state index is 10.5. The molecule has 0 aliphatic heterocycles. The largest absolute Gasteiger partial charge is 0.384 e. The lowest BCUT2D eigenvalue weighted by molar-refractivity contribution is 0.202. The smallest absolute Gasteiger partial charge is 0.104 e. The van der Waals surface area contributed by atoms with E-state index in [0.717, 1.165) is 29.7 Å². The van der Waals surface area contributed by atoms with Crippen molar-refractivity contribution in [2.75, 3.05) is 13.7 Å². The highest BCUT2D eigenvalue weighted by Crippen LogP contribution is 2.26. The number of rotatable bonds is 5. The summed E-state index contributed by atoms with van der Waals surface area (Å²) in [6.07, 6.45) is 0.336. The molecule has 0 amide bonds. The van der Waals surface area contributed by atoms with Gasteiger partial charge in [0.05, 0.1) is 6.61 Å². The topological polar surface area (TPSA) is 29.5 Å². The average Bonchev–Trinajstić information content (AvgIpc) is 2.47. The summed E-state index contributed by atoms with van der Waals surface area (Å²) in [5.74, 6) is 0. The van der Waals surface area contributed by atoms with Gasteiger partial charge >= 0.3 is 0 Å². The van der Waals surface area contributed by atoms with E-state index >= 15 is 0 Å². The van der Waals surface area contributed by atoms with Crippen molar-refractivity contribution in [3.05, 3.63) is 70.3 Å². The van der Waals surface area contributed by atoms with Crippen molar-refractivity contribution >= 4 is 0 Å². The quantitative estimate of drug-likeness (QED) is 0.900. The monoisotopic (exact) mass is 270 g/mol. The van der Waals surface area contributed by atoms with E-state index in [1.165, 1.54) is 11.1 Å². The molecule has 1 N–H and O–H groups in total. The van der Waals surface area contributed by atoms with Gasteiger partial charge in [-0.15, -0.1) is 0 Å². The number of aliphatic hydroxyl groups is 1. The second-order valence-corrected chi connectivity index (χ2v) is 5.25. The van der Waals surface area contributed by atoms with Gasteiger partial charge in [0.15, 0.2) is 0 Å². The fourth-order valence-corrected chi connectivity index (χ4v) is 2.32. The Morgan fingerprint density at radius 1 is 1.05 bits per heavy atom. The number of aliphatic hydroxyl groups excluding tert-OH is 1. The first-order valence-corrected chi connectivity index (χ1v) is 6.95. The average molecular weight is 270 g/mol. The molecular weight excluding hydrogens is 248 g/mol. The third-order valence-corrected chi connectivity index (χ3v) is 3.62. The summed E-state index contributed by atoms with van der Waals surface area (Å²) in [5.41, 5.74) is 5.42. The molecule has 20 heavy (non-hydrogen) atoms. The van der Waals surface area contributed by atoms with Crippen LogP contribution in [0.25, 0.3) is 0 Å².